The van der Waals surface area contributed by atoms with Crippen LogP contribution in [0.15, 0.2) is 42.0 Å². The molecule has 2 aliphatic rings. The fourth-order valence-corrected chi connectivity index (χ4v) is 7.22. The number of benzene rings is 1. The first-order chi connectivity index (χ1) is 18.0. The highest BCUT2D eigenvalue weighted by molar-refractivity contribution is 7.10. The Labute approximate surface area is 220 Å². The second-order valence-corrected chi connectivity index (χ2v) is 10.8. The Balaban J connectivity index is 1.61. The number of methoxy groups -OCH3 is 1. The predicted molar refractivity (Wildman–Crippen MR) is 141 cm³/mol. The van der Waals surface area contributed by atoms with Crippen LogP contribution in [0, 0.1) is 11.8 Å². The zero-order valence-corrected chi connectivity index (χ0v) is 21.8. The molecule has 0 radical (unpaired) electrons. The summed E-state index contributed by atoms with van der Waals surface area (Å²) in [5.74, 6) is -0.447. The largest absolute Gasteiger partial charge is 0.481 e. The minimum Gasteiger partial charge on any atom is -0.481 e. The second-order valence-electron chi connectivity index (χ2n) is 9.97. The number of carboxylic acids is 1. The van der Waals surface area contributed by atoms with Crippen LogP contribution in [0.4, 0.5) is 0 Å². The molecule has 2 aromatic heterocycles. The molecule has 5 rings (SSSR count). The van der Waals surface area contributed by atoms with Gasteiger partial charge in [-0.2, -0.15) is 0 Å². The van der Waals surface area contributed by atoms with Crippen molar-refractivity contribution in [3.63, 3.8) is 0 Å². The van der Waals surface area contributed by atoms with Crippen LogP contribution in [0.3, 0.4) is 0 Å². The summed E-state index contributed by atoms with van der Waals surface area (Å²) in [4.78, 5) is 39.9. The van der Waals surface area contributed by atoms with Crippen LogP contribution in [-0.2, 0) is 15.0 Å². The summed E-state index contributed by atoms with van der Waals surface area (Å²) < 4.78 is 5.14. The standard InChI is InChI=1S/C28H32N4O4S/c1-36-24-16-30-22(15-31-24)19-10-4-5-11-20(19)23-17-37-27(32-23)28(14-25(33)34)21(18-8-2-3-9-18)12-6-7-13-29-26(28)35/h4-5,10-11,15-18,21H,2-3,6-9,12-14H2,1H3,(H,29,35)(H,33,34)/t21-,28+/m1/s1. The molecule has 0 bridgehead atoms. The van der Waals surface area contributed by atoms with Gasteiger partial charge in [-0.3, -0.25) is 9.59 Å². The molecule has 2 N–H and O–H groups in total. The minimum atomic E-state index is -1.18. The van der Waals surface area contributed by atoms with E-state index in [2.05, 4.69) is 15.3 Å². The summed E-state index contributed by atoms with van der Waals surface area (Å²) in [6.07, 6.45) is 10.1. The third kappa shape index (κ3) is 4.97. The summed E-state index contributed by atoms with van der Waals surface area (Å²) in [5, 5.41) is 15.7. The van der Waals surface area contributed by atoms with Crippen molar-refractivity contribution in [1.82, 2.24) is 20.3 Å². The number of hydrogen-bond acceptors (Lipinski definition) is 7. The van der Waals surface area contributed by atoms with Crippen molar-refractivity contribution < 1.29 is 19.4 Å². The number of thiazole rings is 1. The highest BCUT2D eigenvalue weighted by Crippen LogP contribution is 2.50. The molecule has 0 spiro atoms. The molecule has 1 saturated carbocycles. The van der Waals surface area contributed by atoms with Gasteiger partial charge in [0.25, 0.3) is 0 Å². The summed E-state index contributed by atoms with van der Waals surface area (Å²) in [6, 6.07) is 7.80. The minimum absolute atomic E-state index is 0.0481. The lowest BCUT2D eigenvalue weighted by Crippen LogP contribution is -2.53. The van der Waals surface area contributed by atoms with Gasteiger partial charge in [-0.05, 0) is 24.7 Å². The molecule has 3 aromatic rings. The van der Waals surface area contributed by atoms with Gasteiger partial charge in [-0.1, -0.05) is 56.4 Å². The maximum atomic E-state index is 13.8. The number of carbonyl (C=O) groups is 2. The molecule has 2 atom stereocenters. The maximum absolute atomic E-state index is 13.8. The first-order valence-corrected chi connectivity index (χ1v) is 13.8. The second kappa shape index (κ2) is 11.0. The number of hydrogen-bond donors (Lipinski definition) is 2. The van der Waals surface area contributed by atoms with Gasteiger partial charge in [0.15, 0.2) is 0 Å². The number of nitrogens with zero attached hydrogens (tertiary/aromatic N) is 3. The van der Waals surface area contributed by atoms with Crippen LogP contribution < -0.4 is 10.1 Å². The van der Waals surface area contributed by atoms with Crippen LogP contribution in [0.5, 0.6) is 5.88 Å². The smallest absolute Gasteiger partial charge is 0.304 e. The van der Waals surface area contributed by atoms with Crippen LogP contribution in [0.1, 0.15) is 56.4 Å². The summed E-state index contributed by atoms with van der Waals surface area (Å²) in [5.41, 5.74) is 1.92. The molecule has 194 valence electrons. The van der Waals surface area contributed by atoms with Crippen molar-refractivity contribution in [3.8, 4) is 28.4 Å². The fourth-order valence-electron chi connectivity index (χ4n) is 6.14. The average Bonchev–Trinajstić information content (AvgIpc) is 3.62. The zero-order valence-electron chi connectivity index (χ0n) is 21.0. The van der Waals surface area contributed by atoms with Crippen molar-refractivity contribution >= 4 is 23.2 Å². The quantitative estimate of drug-likeness (QED) is 0.446. The number of aromatic nitrogens is 3. The van der Waals surface area contributed by atoms with E-state index in [0.29, 0.717) is 34.7 Å². The number of nitrogens with one attached hydrogen (secondary N) is 1. The Morgan fingerprint density at radius 1 is 1.08 bits per heavy atom. The third-order valence-electron chi connectivity index (χ3n) is 7.87. The van der Waals surface area contributed by atoms with E-state index in [4.69, 9.17) is 9.72 Å². The molecular weight excluding hydrogens is 488 g/mol. The van der Waals surface area contributed by atoms with Gasteiger partial charge in [0.1, 0.15) is 10.4 Å². The molecule has 0 unspecified atom stereocenters. The lowest BCUT2D eigenvalue weighted by molar-refractivity contribution is -0.145. The number of carbonyl (C=O) groups excluding carboxylic acids is 1. The molecule has 2 fully saturated rings. The van der Waals surface area contributed by atoms with E-state index in [1.165, 1.54) is 11.3 Å². The van der Waals surface area contributed by atoms with E-state index in [1.807, 2.05) is 29.6 Å². The maximum Gasteiger partial charge on any atom is 0.304 e. The molecule has 1 aromatic carbocycles. The lowest BCUT2D eigenvalue weighted by Gasteiger charge is -2.41. The molecule has 37 heavy (non-hydrogen) atoms. The molecule has 1 saturated heterocycles. The van der Waals surface area contributed by atoms with Gasteiger partial charge in [0.2, 0.25) is 11.8 Å². The first kappa shape index (κ1) is 25.3. The summed E-state index contributed by atoms with van der Waals surface area (Å²) >= 11 is 1.39. The number of amides is 1. The van der Waals surface area contributed by atoms with Crippen molar-refractivity contribution in [2.45, 2.75) is 56.8 Å². The lowest BCUT2D eigenvalue weighted by atomic mass is 9.64. The van der Waals surface area contributed by atoms with E-state index in [-0.39, 0.29) is 18.2 Å². The van der Waals surface area contributed by atoms with Crippen LogP contribution in [-0.4, -0.2) is 45.6 Å². The Hall–Kier alpha value is -3.33. The van der Waals surface area contributed by atoms with Crippen LogP contribution in [0.2, 0.25) is 0 Å². The summed E-state index contributed by atoms with van der Waals surface area (Å²) in [6.45, 7) is 0.564. The first-order valence-electron chi connectivity index (χ1n) is 12.9. The average molecular weight is 521 g/mol. The molecular formula is C28H32N4O4S. The summed E-state index contributed by atoms with van der Waals surface area (Å²) in [7, 11) is 1.55. The van der Waals surface area contributed by atoms with E-state index < -0.39 is 11.4 Å². The fraction of sp³-hybridized carbons (Fsp3) is 0.464. The van der Waals surface area contributed by atoms with Gasteiger partial charge in [0, 0.05) is 23.1 Å². The number of rotatable bonds is 7. The van der Waals surface area contributed by atoms with E-state index in [9.17, 15) is 14.7 Å². The molecule has 1 aliphatic heterocycles. The highest BCUT2D eigenvalue weighted by atomic mass is 32.1. The molecule has 8 nitrogen and oxygen atoms in total. The number of ether oxygens (including phenoxy) is 1. The van der Waals surface area contributed by atoms with Crippen molar-refractivity contribution in [3.05, 3.63) is 47.0 Å². The van der Waals surface area contributed by atoms with E-state index in [1.54, 1.807) is 19.5 Å². The van der Waals surface area contributed by atoms with Crippen LogP contribution >= 0.6 is 11.3 Å². The van der Waals surface area contributed by atoms with Crippen molar-refractivity contribution in [2.75, 3.05) is 13.7 Å². The van der Waals surface area contributed by atoms with Gasteiger partial charge < -0.3 is 15.2 Å². The van der Waals surface area contributed by atoms with Crippen LogP contribution in [0.25, 0.3) is 22.5 Å². The zero-order chi connectivity index (χ0) is 25.8. The monoisotopic (exact) mass is 520 g/mol. The highest BCUT2D eigenvalue weighted by Gasteiger charge is 2.53. The number of carboxylic acid groups (broad SMARTS) is 1. The van der Waals surface area contributed by atoms with Gasteiger partial charge >= 0.3 is 5.97 Å². The van der Waals surface area contributed by atoms with E-state index >= 15 is 0 Å². The number of aliphatic carboxylic acids is 1. The molecule has 9 heteroatoms. The van der Waals surface area contributed by atoms with Crippen molar-refractivity contribution in [1.29, 1.82) is 0 Å². The third-order valence-corrected chi connectivity index (χ3v) is 8.89. The Morgan fingerprint density at radius 3 is 2.49 bits per heavy atom. The topological polar surface area (TPSA) is 114 Å². The Morgan fingerprint density at radius 2 is 1.81 bits per heavy atom. The molecule has 1 amide bonds. The SMILES string of the molecule is COc1cnc(-c2ccccc2-c2csc([C@]3(CC(=O)O)C(=O)NCCCC[C@@H]3C3CCCC3)n2)cn1. The van der Waals surface area contributed by atoms with E-state index in [0.717, 1.165) is 56.1 Å². The van der Waals surface area contributed by atoms with Gasteiger partial charge in [-0.15, -0.1) is 11.3 Å². The normalized spacial score (nSPS) is 22.7. The van der Waals surface area contributed by atoms with Gasteiger partial charge in [0.05, 0.1) is 37.3 Å². The Bertz CT molecular complexity index is 1260. The molecule has 3 heterocycles. The van der Waals surface area contributed by atoms with Crippen molar-refractivity contribution in [2.24, 2.45) is 11.8 Å². The van der Waals surface area contributed by atoms with Gasteiger partial charge in [-0.25, -0.2) is 15.0 Å². The predicted octanol–water partition coefficient (Wildman–Crippen LogP) is 5.09. The molecule has 1 aliphatic carbocycles. The Kier molecular flexibility index (Phi) is 7.50.